The fourth-order valence-corrected chi connectivity index (χ4v) is 1.33. The van der Waals surface area contributed by atoms with Crippen LogP contribution in [0.4, 0.5) is 0 Å². The number of carbonyl (C=O) groups is 2. The Morgan fingerprint density at radius 3 is 2.57 bits per heavy atom. The summed E-state index contributed by atoms with van der Waals surface area (Å²) in [5, 5.41) is 17.5. The minimum absolute atomic E-state index is 0.0252. The van der Waals surface area contributed by atoms with E-state index in [1.807, 2.05) is 0 Å². The van der Waals surface area contributed by atoms with Gasteiger partial charge < -0.3 is 0 Å². The molecule has 14 heavy (non-hydrogen) atoms. The Morgan fingerprint density at radius 2 is 2.14 bits per heavy atom. The molecule has 0 saturated carbocycles. The summed E-state index contributed by atoms with van der Waals surface area (Å²) in [4.78, 5) is 21.4. The third-order valence-corrected chi connectivity index (χ3v) is 2.25. The third-order valence-electron chi connectivity index (χ3n) is 1.87. The Bertz CT molecular complexity index is 333. The van der Waals surface area contributed by atoms with E-state index in [-0.39, 0.29) is 12.0 Å². The van der Waals surface area contributed by atoms with Crippen molar-refractivity contribution >= 4 is 11.9 Å². The fourth-order valence-electron chi connectivity index (χ4n) is 1.09. The number of hydrogen-bond donors (Lipinski definition) is 2. The van der Waals surface area contributed by atoms with Crippen LogP contribution in [0.5, 0.6) is 0 Å². The van der Waals surface area contributed by atoms with Crippen molar-refractivity contribution in [1.82, 2.24) is 0 Å². The van der Waals surface area contributed by atoms with Gasteiger partial charge in [-0.15, -0.1) is 0 Å². The SMILES string of the molecule is O=C(O)C1=CC=CC([O][Co])(C(=O)O)C1. The summed E-state index contributed by atoms with van der Waals surface area (Å²) in [5.41, 5.74) is -1.70. The Morgan fingerprint density at radius 1 is 1.50 bits per heavy atom. The van der Waals surface area contributed by atoms with Gasteiger partial charge in [0.15, 0.2) is 0 Å². The maximum absolute atomic E-state index is 10.8. The van der Waals surface area contributed by atoms with Gasteiger partial charge in [-0.1, -0.05) is 0 Å². The van der Waals surface area contributed by atoms with Crippen molar-refractivity contribution < 1.29 is 39.7 Å². The zero-order valence-electron chi connectivity index (χ0n) is 6.89. The van der Waals surface area contributed by atoms with E-state index in [1.54, 1.807) is 0 Å². The molecule has 5 nitrogen and oxygen atoms in total. The average molecular weight is 242 g/mol. The van der Waals surface area contributed by atoms with Crippen molar-refractivity contribution in [2.75, 3.05) is 0 Å². The van der Waals surface area contributed by atoms with E-state index >= 15 is 0 Å². The molecule has 0 bridgehead atoms. The van der Waals surface area contributed by atoms with E-state index in [1.165, 1.54) is 18.2 Å². The molecule has 1 atom stereocenters. The van der Waals surface area contributed by atoms with Crippen LogP contribution in [0, 0.1) is 0 Å². The van der Waals surface area contributed by atoms with Gasteiger partial charge in [0.05, 0.1) is 0 Å². The third kappa shape index (κ3) is 1.86. The molecule has 1 aliphatic rings. The van der Waals surface area contributed by atoms with Crippen LogP contribution in [0.15, 0.2) is 23.8 Å². The standard InChI is InChI=1S/C8H7O5.Co/c9-6(10)5-2-1-3-8(13,4-5)7(11)12;/h1-3H,4H2,(H,9,10)(H,11,12);/q-1;+1. The van der Waals surface area contributed by atoms with E-state index in [0.717, 1.165) is 0 Å². The first-order valence-electron chi connectivity index (χ1n) is 3.65. The van der Waals surface area contributed by atoms with E-state index in [4.69, 9.17) is 10.2 Å². The molecule has 1 aliphatic carbocycles. The average Bonchev–Trinajstić information content (AvgIpc) is 2.17. The van der Waals surface area contributed by atoms with Crippen molar-refractivity contribution in [1.29, 1.82) is 0 Å². The molecular weight excluding hydrogens is 235 g/mol. The van der Waals surface area contributed by atoms with Crippen molar-refractivity contribution in [3.63, 3.8) is 0 Å². The van der Waals surface area contributed by atoms with Gasteiger partial charge in [-0.05, 0) is 0 Å². The van der Waals surface area contributed by atoms with E-state index in [9.17, 15) is 9.59 Å². The van der Waals surface area contributed by atoms with Gasteiger partial charge in [0.2, 0.25) is 0 Å². The van der Waals surface area contributed by atoms with Gasteiger partial charge in [-0.2, -0.15) is 0 Å². The second kappa shape index (κ2) is 3.95. The molecule has 0 aromatic carbocycles. The Hall–Kier alpha value is -1.11. The Kier molecular flexibility index (Phi) is 3.09. The van der Waals surface area contributed by atoms with Gasteiger partial charge in [-0.25, -0.2) is 0 Å². The second-order valence-corrected chi connectivity index (χ2v) is 3.01. The second-order valence-electron chi connectivity index (χ2n) is 2.80. The Balaban J connectivity index is 2.98. The number of carboxylic acids is 2. The molecule has 0 radical (unpaired) electrons. The van der Waals surface area contributed by atoms with Crippen LogP contribution in [0.2, 0.25) is 0 Å². The number of carboxylic acid groups (broad SMARTS) is 2. The summed E-state index contributed by atoms with van der Waals surface area (Å²) in [6.07, 6.45) is 3.68. The maximum atomic E-state index is 10.8. The summed E-state index contributed by atoms with van der Waals surface area (Å²) < 4.78 is 4.52. The molecule has 0 aliphatic heterocycles. The van der Waals surface area contributed by atoms with Crippen LogP contribution in [-0.2, 0) is 29.5 Å². The van der Waals surface area contributed by atoms with Gasteiger partial charge in [0, 0.05) is 0 Å². The molecular formula is C8H7CoO5. The zero-order chi connectivity index (χ0) is 10.8. The number of rotatable bonds is 3. The minimum atomic E-state index is -1.68. The van der Waals surface area contributed by atoms with Gasteiger partial charge in [0.25, 0.3) is 0 Å². The molecule has 0 saturated heterocycles. The summed E-state index contributed by atoms with van der Waals surface area (Å²) in [5.74, 6) is -2.43. The zero-order valence-corrected chi connectivity index (χ0v) is 7.93. The normalized spacial score (nSPS) is 25.7. The molecule has 0 fully saturated rings. The van der Waals surface area contributed by atoms with Crippen molar-refractivity contribution in [3.8, 4) is 0 Å². The topological polar surface area (TPSA) is 83.8 Å². The quantitative estimate of drug-likeness (QED) is 0.741. The molecule has 0 amide bonds. The van der Waals surface area contributed by atoms with Crippen LogP contribution in [-0.4, -0.2) is 27.8 Å². The number of allylic oxidation sites excluding steroid dienone is 2. The molecule has 0 aromatic heterocycles. The molecule has 78 valence electrons. The monoisotopic (exact) mass is 242 g/mol. The van der Waals surface area contributed by atoms with Crippen LogP contribution >= 0.6 is 0 Å². The van der Waals surface area contributed by atoms with Gasteiger partial charge >= 0.3 is 87.5 Å². The molecule has 0 heterocycles. The van der Waals surface area contributed by atoms with Gasteiger partial charge in [-0.3, -0.25) is 0 Å². The van der Waals surface area contributed by atoms with Crippen LogP contribution in [0.25, 0.3) is 0 Å². The van der Waals surface area contributed by atoms with Crippen LogP contribution in [0.1, 0.15) is 6.42 Å². The molecule has 0 spiro atoms. The molecule has 6 heteroatoms. The van der Waals surface area contributed by atoms with Crippen molar-refractivity contribution in [3.05, 3.63) is 23.8 Å². The number of aliphatic carboxylic acids is 2. The summed E-state index contributed by atoms with van der Waals surface area (Å²) in [6, 6.07) is 0. The predicted molar refractivity (Wildman–Crippen MR) is 40.9 cm³/mol. The molecule has 1 unspecified atom stereocenters. The predicted octanol–water partition coefficient (Wildman–Crippen LogP) is 0.259. The first-order valence-corrected chi connectivity index (χ1v) is 4.07. The van der Waals surface area contributed by atoms with Crippen LogP contribution < -0.4 is 0 Å². The molecule has 0 aromatic rings. The molecule has 2 N–H and O–H groups in total. The fraction of sp³-hybridized carbons (Fsp3) is 0.250. The molecule has 1 rings (SSSR count). The summed E-state index contributed by atoms with van der Waals surface area (Å²) in [7, 11) is 0. The summed E-state index contributed by atoms with van der Waals surface area (Å²) >= 11 is 3.50. The number of hydrogen-bond acceptors (Lipinski definition) is 3. The first-order chi connectivity index (χ1) is 6.52. The van der Waals surface area contributed by atoms with E-state index in [2.05, 4.69) is 19.9 Å². The van der Waals surface area contributed by atoms with Crippen molar-refractivity contribution in [2.24, 2.45) is 0 Å². The van der Waals surface area contributed by atoms with Crippen LogP contribution in [0.3, 0.4) is 0 Å². The first kappa shape index (κ1) is 11.0. The van der Waals surface area contributed by atoms with Gasteiger partial charge in [0.1, 0.15) is 0 Å². The van der Waals surface area contributed by atoms with Crippen molar-refractivity contribution in [2.45, 2.75) is 12.0 Å². The summed E-state index contributed by atoms with van der Waals surface area (Å²) in [6.45, 7) is 0. The Labute approximate surface area is 88.0 Å². The van der Waals surface area contributed by atoms with E-state index < -0.39 is 17.5 Å². The van der Waals surface area contributed by atoms with E-state index in [0.29, 0.717) is 0 Å².